The summed E-state index contributed by atoms with van der Waals surface area (Å²) in [4.78, 5) is 16.9. The number of benzene rings is 2. The topological polar surface area (TPSA) is 95.1 Å². The molecule has 2 aromatic heterocycles. The molecule has 164 valence electrons. The first-order chi connectivity index (χ1) is 15.4. The Balaban J connectivity index is 1.43. The van der Waals surface area contributed by atoms with E-state index < -0.39 is 5.91 Å². The first kappa shape index (κ1) is 21.6. The summed E-state index contributed by atoms with van der Waals surface area (Å²) < 4.78 is 12.7. The van der Waals surface area contributed by atoms with Gasteiger partial charge in [0.05, 0.1) is 12.1 Å². The lowest BCUT2D eigenvalue weighted by Crippen LogP contribution is -2.16. The Morgan fingerprint density at radius 3 is 2.78 bits per heavy atom. The molecule has 0 aliphatic rings. The average Bonchev–Trinajstić information content (AvgIpc) is 3.35. The van der Waals surface area contributed by atoms with Crippen LogP contribution in [-0.4, -0.2) is 25.8 Å². The van der Waals surface area contributed by atoms with Crippen molar-refractivity contribution in [3.63, 3.8) is 0 Å². The van der Waals surface area contributed by atoms with Gasteiger partial charge in [-0.3, -0.25) is 10.1 Å². The van der Waals surface area contributed by atoms with E-state index in [0.717, 1.165) is 11.1 Å². The number of aryl methyl sites for hydroxylation is 3. The molecule has 2 aromatic carbocycles. The van der Waals surface area contributed by atoms with Crippen LogP contribution in [0.5, 0.6) is 5.75 Å². The molecular formula is C23H22ClN5O3. The van der Waals surface area contributed by atoms with Crippen LogP contribution < -0.4 is 10.1 Å². The number of hydrogen-bond donors (Lipinski definition) is 1. The van der Waals surface area contributed by atoms with Crippen molar-refractivity contribution in [2.75, 3.05) is 5.32 Å². The maximum absolute atomic E-state index is 12.8. The molecule has 4 rings (SSSR count). The number of nitrogens with one attached hydrogen (secondary N) is 1. The molecule has 0 bridgehead atoms. The second-order valence-electron chi connectivity index (χ2n) is 7.45. The molecule has 0 saturated heterocycles. The number of ether oxygens (including phenoxy) is 1. The number of rotatable bonds is 7. The van der Waals surface area contributed by atoms with Gasteiger partial charge in [-0.25, -0.2) is 9.67 Å². The monoisotopic (exact) mass is 451 g/mol. The SMILES string of the molecule is Cc1ccc(OCc2c(C(=O)Nc3ncn(Cc4cccc(Cl)c4)n3)noc2C)cc1C. The van der Waals surface area contributed by atoms with Crippen molar-refractivity contribution in [3.8, 4) is 5.75 Å². The molecule has 2 heterocycles. The normalized spacial score (nSPS) is 10.9. The van der Waals surface area contributed by atoms with Gasteiger partial charge >= 0.3 is 0 Å². The Labute approximate surface area is 190 Å². The Morgan fingerprint density at radius 2 is 2.00 bits per heavy atom. The highest BCUT2D eigenvalue weighted by atomic mass is 35.5. The van der Waals surface area contributed by atoms with Crippen LogP contribution in [0.25, 0.3) is 0 Å². The largest absolute Gasteiger partial charge is 0.489 e. The quantitative estimate of drug-likeness (QED) is 0.436. The Morgan fingerprint density at radius 1 is 1.16 bits per heavy atom. The maximum Gasteiger partial charge on any atom is 0.280 e. The lowest BCUT2D eigenvalue weighted by Gasteiger charge is -2.08. The number of carbonyl (C=O) groups is 1. The summed E-state index contributed by atoms with van der Waals surface area (Å²) in [6.45, 7) is 6.42. The van der Waals surface area contributed by atoms with Crippen LogP contribution in [0.1, 0.15) is 38.5 Å². The summed E-state index contributed by atoms with van der Waals surface area (Å²) in [6, 6.07) is 13.3. The molecule has 0 unspecified atom stereocenters. The fourth-order valence-electron chi connectivity index (χ4n) is 3.11. The summed E-state index contributed by atoms with van der Waals surface area (Å²) in [5.74, 6) is 0.916. The van der Waals surface area contributed by atoms with Gasteiger partial charge in [0.2, 0.25) is 5.95 Å². The van der Waals surface area contributed by atoms with Gasteiger partial charge in [-0.2, -0.15) is 0 Å². The molecule has 0 aliphatic carbocycles. The standard InChI is InChI=1S/C23H22ClN5O3/c1-14-7-8-19(9-15(14)2)31-12-20-16(3)32-28-21(20)22(30)26-23-25-13-29(27-23)11-17-5-4-6-18(24)10-17/h4-10,13H,11-12H2,1-3H3,(H,26,27,30). The second kappa shape index (κ2) is 9.23. The molecule has 0 saturated carbocycles. The van der Waals surface area contributed by atoms with E-state index in [2.05, 4.69) is 20.6 Å². The highest BCUT2D eigenvalue weighted by Crippen LogP contribution is 2.21. The van der Waals surface area contributed by atoms with Crippen LogP contribution in [0.15, 0.2) is 53.3 Å². The maximum atomic E-state index is 12.8. The average molecular weight is 452 g/mol. The molecule has 0 atom stereocenters. The predicted octanol–water partition coefficient (Wildman–Crippen LogP) is 4.72. The fraction of sp³-hybridized carbons (Fsp3) is 0.217. The summed E-state index contributed by atoms with van der Waals surface area (Å²) >= 11 is 6.02. The number of halogens is 1. The Kier molecular flexibility index (Phi) is 6.23. The molecule has 1 N–H and O–H groups in total. The zero-order chi connectivity index (χ0) is 22.7. The number of amides is 1. The van der Waals surface area contributed by atoms with Crippen LogP contribution in [-0.2, 0) is 13.2 Å². The van der Waals surface area contributed by atoms with Crippen molar-refractivity contribution < 1.29 is 14.1 Å². The zero-order valence-electron chi connectivity index (χ0n) is 17.9. The Bertz CT molecular complexity index is 1260. The van der Waals surface area contributed by atoms with Gasteiger partial charge in [-0.05, 0) is 61.7 Å². The number of anilines is 1. The van der Waals surface area contributed by atoms with Crippen LogP contribution >= 0.6 is 11.6 Å². The molecule has 0 spiro atoms. The van der Waals surface area contributed by atoms with Gasteiger partial charge in [0.25, 0.3) is 5.91 Å². The Hall–Kier alpha value is -3.65. The van der Waals surface area contributed by atoms with E-state index in [1.165, 1.54) is 11.9 Å². The van der Waals surface area contributed by atoms with E-state index in [1.54, 1.807) is 17.7 Å². The smallest absolute Gasteiger partial charge is 0.280 e. The minimum Gasteiger partial charge on any atom is -0.489 e. The number of aromatic nitrogens is 4. The van der Waals surface area contributed by atoms with Crippen molar-refractivity contribution in [1.82, 2.24) is 19.9 Å². The molecule has 0 radical (unpaired) electrons. The van der Waals surface area contributed by atoms with Gasteiger partial charge in [-0.15, -0.1) is 5.10 Å². The van der Waals surface area contributed by atoms with Crippen LogP contribution in [0.4, 0.5) is 5.95 Å². The van der Waals surface area contributed by atoms with Gasteiger partial charge in [-0.1, -0.05) is 35.0 Å². The minimum atomic E-state index is -0.471. The van der Waals surface area contributed by atoms with E-state index in [9.17, 15) is 4.79 Å². The first-order valence-corrected chi connectivity index (χ1v) is 10.4. The van der Waals surface area contributed by atoms with Crippen molar-refractivity contribution in [2.45, 2.75) is 33.9 Å². The number of carbonyl (C=O) groups excluding carboxylic acids is 1. The third kappa shape index (κ3) is 4.97. The van der Waals surface area contributed by atoms with Gasteiger partial charge in [0.15, 0.2) is 5.69 Å². The number of hydrogen-bond acceptors (Lipinski definition) is 6. The molecule has 8 nitrogen and oxygen atoms in total. The van der Waals surface area contributed by atoms with Crippen molar-refractivity contribution in [2.24, 2.45) is 0 Å². The first-order valence-electron chi connectivity index (χ1n) is 9.99. The summed E-state index contributed by atoms with van der Waals surface area (Å²) in [7, 11) is 0. The molecule has 0 fully saturated rings. The van der Waals surface area contributed by atoms with Gasteiger partial charge in [0.1, 0.15) is 24.4 Å². The summed E-state index contributed by atoms with van der Waals surface area (Å²) in [5, 5.41) is 11.5. The lowest BCUT2D eigenvalue weighted by molar-refractivity contribution is 0.101. The van der Waals surface area contributed by atoms with Crippen molar-refractivity contribution in [1.29, 1.82) is 0 Å². The van der Waals surface area contributed by atoms with Crippen LogP contribution in [0, 0.1) is 20.8 Å². The molecule has 1 amide bonds. The number of nitrogens with zero attached hydrogens (tertiary/aromatic N) is 4. The van der Waals surface area contributed by atoms with E-state index in [-0.39, 0.29) is 18.2 Å². The third-order valence-corrected chi connectivity index (χ3v) is 5.29. The summed E-state index contributed by atoms with van der Waals surface area (Å²) in [6.07, 6.45) is 1.54. The van der Waals surface area contributed by atoms with E-state index >= 15 is 0 Å². The van der Waals surface area contributed by atoms with Gasteiger partial charge in [0, 0.05) is 5.02 Å². The van der Waals surface area contributed by atoms with Gasteiger partial charge < -0.3 is 9.26 Å². The second-order valence-corrected chi connectivity index (χ2v) is 7.89. The van der Waals surface area contributed by atoms with Crippen molar-refractivity contribution in [3.05, 3.63) is 87.5 Å². The predicted molar refractivity (Wildman–Crippen MR) is 120 cm³/mol. The highest BCUT2D eigenvalue weighted by molar-refractivity contribution is 6.30. The summed E-state index contributed by atoms with van der Waals surface area (Å²) in [5.41, 5.74) is 3.98. The third-order valence-electron chi connectivity index (χ3n) is 5.06. The van der Waals surface area contributed by atoms with Crippen LogP contribution in [0.3, 0.4) is 0 Å². The van der Waals surface area contributed by atoms with E-state index in [1.807, 2.05) is 50.2 Å². The lowest BCUT2D eigenvalue weighted by atomic mass is 10.1. The molecule has 0 aliphatic heterocycles. The molecule has 4 aromatic rings. The van der Waals surface area contributed by atoms with Crippen LogP contribution in [0.2, 0.25) is 5.02 Å². The fourth-order valence-corrected chi connectivity index (χ4v) is 3.32. The van der Waals surface area contributed by atoms with E-state index in [4.69, 9.17) is 20.9 Å². The zero-order valence-corrected chi connectivity index (χ0v) is 18.7. The molecule has 32 heavy (non-hydrogen) atoms. The minimum absolute atomic E-state index is 0.137. The molecular weight excluding hydrogens is 430 g/mol. The highest BCUT2D eigenvalue weighted by Gasteiger charge is 2.21. The van der Waals surface area contributed by atoms with E-state index in [0.29, 0.717) is 28.6 Å². The molecule has 9 heteroatoms. The van der Waals surface area contributed by atoms with Crippen molar-refractivity contribution >= 4 is 23.5 Å².